The summed E-state index contributed by atoms with van der Waals surface area (Å²) in [6.45, 7) is 2.41. The number of carboxylic acid groups (broad SMARTS) is 1. The number of carboxylic acids is 1. The SMILES string of the molecule is COc1cc(-c2nccc(-c3cccc(-c4ccc(CNC[C@H]5CCC(=O)N5)c(OC)n4)c3Cl)c2Cl)ccc1CN1CCC[C@H]1C(=O)O. The third-order valence-electron chi connectivity index (χ3n) is 8.96. The number of carbonyl (C=O) groups is 2. The molecule has 2 fully saturated rings. The van der Waals surface area contributed by atoms with E-state index in [-0.39, 0.29) is 11.9 Å². The van der Waals surface area contributed by atoms with Crippen LogP contribution in [0.2, 0.25) is 10.0 Å². The van der Waals surface area contributed by atoms with Gasteiger partial charge in [-0.15, -0.1) is 0 Å². The van der Waals surface area contributed by atoms with E-state index >= 15 is 0 Å². The Bertz CT molecular complexity index is 1840. The summed E-state index contributed by atoms with van der Waals surface area (Å²) in [7, 11) is 3.19. The van der Waals surface area contributed by atoms with Gasteiger partial charge in [0.2, 0.25) is 11.8 Å². The summed E-state index contributed by atoms with van der Waals surface area (Å²) in [5, 5.41) is 16.9. The number of ether oxygens (including phenoxy) is 2. The number of hydrogen-bond acceptors (Lipinski definition) is 8. The van der Waals surface area contributed by atoms with Gasteiger partial charge in [-0.05, 0) is 44.0 Å². The quantitative estimate of drug-likeness (QED) is 0.159. The molecule has 10 nitrogen and oxygen atoms in total. The van der Waals surface area contributed by atoms with Crippen LogP contribution in [0.1, 0.15) is 36.8 Å². The van der Waals surface area contributed by atoms with Crippen LogP contribution in [0, 0.1) is 0 Å². The van der Waals surface area contributed by atoms with Gasteiger partial charge in [0.1, 0.15) is 11.8 Å². The van der Waals surface area contributed by atoms with Crippen LogP contribution in [0.5, 0.6) is 11.6 Å². The van der Waals surface area contributed by atoms with Crippen LogP contribution in [0.4, 0.5) is 0 Å². The molecule has 0 aliphatic carbocycles. The summed E-state index contributed by atoms with van der Waals surface area (Å²) in [5.74, 6) is 0.415. The molecule has 4 aromatic rings. The molecule has 3 N–H and O–H groups in total. The summed E-state index contributed by atoms with van der Waals surface area (Å²) in [4.78, 5) is 34.5. The zero-order valence-corrected chi connectivity index (χ0v) is 28.3. The standard InChI is InChI=1S/C36H37Cl2N5O5/c1-47-30-17-21(8-9-23(30)20-43-16-4-7-29(43)36(45)46)34-33(38)26(14-15-40-34)25-5-3-6-27(32(25)37)28-12-10-22(35(42-28)48-2)18-39-19-24-11-13-31(44)41-24/h3,5-6,8-10,12,14-15,17,24,29,39H,4,7,11,13,16,18-20H2,1-2H3,(H,41,44)(H,45,46)/t24-,29+/m1/s1. The number of rotatable bonds is 12. The number of benzene rings is 2. The summed E-state index contributed by atoms with van der Waals surface area (Å²) in [6, 6.07) is 16.8. The van der Waals surface area contributed by atoms with Gasteiger partial charge in [0, 0.05) is 71.7 Å². The fourth-order valence-corrected chi connectivity index (χ4v) is 7.12. The lowest BCUT2D eigenvalue weighted by Gasteiger charge is -2.22. The van der Waals surface area contributed by atoms with E-state index < -0.39 is 12.0 Å². The zero-order valence-electron chi connectivity index (χ0n) is 26.8. The molecule has 250 valence electrons. The normalized spacial score (nSPS) is 17.8. The Morgan fingerprint density at radius 1 is 1.02 bits per heavy atom. The van der Waals surface area contributed by atoms with Crippen LogP contribution in [-0.2, 0) is 22.7 Å². The number of aliphatic carboxylic acids is 1. The van der Waals surface area contributed by atoms with Crippen LogP contribution in [0.25, 0.3) is 33.6 Å². The molecule has 1 amide bonds. The number of halogens is 2. The number of nitrogens with zero attached hydrogens (tertiary/aromatic N) is 3. The third kappa shape index (κ3) is 7.12. The van der Waals surface area contributed by atoms with Gasteiger partial charge in [-0.2, -0.15) is 0 Å². The average molecular weight is 691 g/mol. The molecule has 2 aromatic carbocycles. The molecule has 6 rings (SSSR count). The van der Waals surface area contributed by atoms with Crippen molar-refractivity contribution in [1.29, 1.82) is 0 Å². The number of pyridine rings is 2. The molecule has 2 saturated heterocycles. The lowest BCUT2D eigenvalue weighted by atomic mass is 9.99. The number of methoxy groups -OCH3 is 2. The fourth-order valence-electron chi connectivity index (χ4n) is 6.47. The van der Waals surface area contributed by atoms with E-state index in [0.717, 1.165) is 47.2 Å². The molecule has 48 heavy (non-hydrogen) atoms. The molecule has 0 saturated carbocycles. The zero-order chi connectivity index (χ0) is 33.8. The van der Waals surface area contributed by atoms with Crippen LogP contribution in [-0.4, -0.2) is 71.2 Å². The highest BCUT2D eigenvalue weighted by atomic mass is 35.5. The Morgan fingerprint density at radius 2 is 1.81 bits per heavy atom. The fraction of sp³-hybridized carbons (Fsp3) is 0.333. The summed E-state index contributed by atoms with van der Waals surface area (Å²) in [5.41, 5.74) is 5.93. The molecule has 0 radical (unpaired) electrons. The largest absolute Gasteiger partial charge is 0.496 e. The topological polar surface area (TPSA) is 126 Å². The third-order valence-corrected chi connectivity index (χ3v) is 9.75. The first-order valence-electron chi connectivity index (χ1n) is 15.9. The first kappa shape index (κ1) is 33.7. The van der Waals surface area contributed by atoms with E-state index in [1.165, 1.54) is 0 Å². The predicted molar refractivity (Wildman–Crippen MR) is 185 cm³/mol. The van der Waals surface area contributed by atoms with Gasteiger partial charge < -0.3 is 25.2 Å². The highest BCUT2D eigenvalue weighted by molar-refractivity contribution is 6.39. The Balaban J connectivity index is 1.24. The van der Waals surface area contributed by atoms with Gasteiger partial charge >= 0.3 is 5.97 Å². The van der Waals surface area contributed by atoms with Crippen molar-refractivity contribution in [2.24, 2.45) is 0 Å². The number of amides is 1. The molecule has 0 spiro atoms. The summed E-state index contributed by atoms with van der Waals surface area (Å²) >= 11 is 14.1. The summed E-state index contributed by atoms with van der Waals surface area (Å²) < 4.78 is 11.4. The van der Waals surface area contributed by atoms with E-state index in [0.29, 0.717) is 71.1 Å². The molecule has 2 aromatic heterocycles. The second-order valence-electron chi connectivity index (χ2n) is 12.0. The second kappa shape index (κ2) is 14.9. The number of carbonyl (C=O) groups excluding carboxylic acids is 1. The van der Waals surface area contributed by atoms with Crippen molar-refractivity contribution in [2.75, 3.05) is 27.3 Å². The van der Waals surface area contributed by atoms with E-state index in [1.807, 2.05) is 59.5 Å². The van der Waals surface area contributed by atoms with Crippen molar-refractivity contribution in [3.05, 3.63) is 82.0 Å². The van der Waals surface area contributed by atoms with Crippen molar-refractivity contribution in [3.8, 4) is 45.3 Å². The monoisotopic (exact) mass is 689 g/mol. The maximum atomic E-state index is 11.7. The van der Waals surface area contributed by atoms with E-state index in [4.69, 9.17) is 37.7 Å². The lowest BCUT2D eigenvalue weighted by Crippen LogP contribution is -2.35. The van der Waals surface area contributed by atoms with Gasteiger partial charge in [-0.25, -0.2) is 4.98 Å². The van der Waals surface area contributed by atoms with Crippen LogP contribution < -0.4 is 20.1 Å². The van der Waals surface area contributed by atoms with E-state index in [2.05, 4.69) is 15.6 Å². The summed E-state index contributed by atoms with van der Waals surface area (Å²) in [6.07, 6.45) is 4.58. The van der Waals surface area contributed by atoms with Crippen LogP contribution in [0.3, 0.4) is 0 Å². The van der Waals surface area contributed by atoms with Crippen molar-refractivity contribution < 1.29 is 24.2 Å². The minimum Gasteiger partial charge on any atom is -0.496 e. The number of hydrogen-bond donors (Lipinski definition) is 3. The number of nitrogens with one attached hydrogen (secondary N) is 2. The van der Waals surface area contributed by atoms with Crippen LogP contribution >= 0.6 is 23.2 Å². The average Bonchev–Trinajstić information content (AvgIpc) is 3.74. The minimum absolute atomic E-state index is 0.0922. The first-order chi connectivity index (χ1) is 23.3. The maximum absolute atomic E-state index is 11.7. The Hall–Kier alpha value is -4.22. The number of aromatic nitrogens is 2. The Morgan fingerprint density at radius 3 is 2.56 bits per heavy atom. The number of likely N-dealkylation sites (tertiary alicyclic amines) is 1. The van der Waals surface area contributed by atoms with Gasteiger partial charge in [0.25, 0.3) is 0 Å². The second-order valence-corrected chi connectivity index (χ2v) is 12.7. The van der Waals surface area contributed by atoms with Crippen molar-refractivity contribution in [3.63, 3.8) is 0 Å². The molecular weight excluding hydrogens is 653 g/mol. The van der Waals surface area contributed by atoms with Gasteiger partial charge in [0.05, 0.1) is 35.7 Å². The maximum Gasteiger partial charge on any atom is 0.320 e. The van der Waals surface area contributed by atoms with E-state index in [1.54, 1.807) is 20.4 Å². The lowest BCUT2D eigenvalue weighted by molar-refractivity contribution is -0.142. The first-order valence-corrected chi connectivity index (χ1v) is 16.6. The highest BCUT2D eigenvalue weighted by Crippen LogP contribution is 2.42. The smallest absolute Gasteiger partial charge is 0.320 e. The van der Waals surface area contributed by atoms with Crippen molar-refractivity contribution >= 4 is 35.1 Å². The molecule has 12 heteroatoms. The van der Waals surface area contributed by atoms with Crippen molar-refractivity contribution in [2.45, 2.75) is 50.9 Å². The molecule has 0 bridgehead atoms. The van der Waals surface area contributed by atoms with Crippen LogP contribution in [0.15, 0.2) is 60.8 Å². The van der Waals surface area contributed by atoms with Gasteiger partial charge in [0.15, 0.2) is 0 Å². The Kier molecular flexibility index (Phi) is 10.5. The minimum atomic E-state index is -0.800. The molecule has 2 aliphatic rings. The molecule has 2 atom stereocenters. The molecule has 2 aliphatic heterocycles. The Labute approximate surface area is 289 Å². The molecular formula is C36H37Cl2N5O5. The van der Waals surface area contributed by atoms with Crippen molar-refractivity contribution in [1.82, 2.24) is 25.5 Å². The molecule has 4 heterocycles. The molecule has 0 unspecified atom stereocenters. The van der Waals surface area contributed by atoms with Gasteiger partial charge in [-0.3, -0.25) is 19.5 Å². The van der Waals surface area contributed by atoms with E-state index in [9.17, 15) is 14.7 Å². The van der Waals surface area contributed by atoms with Gasteiger partial charge in [-0.1, -0.05) is 59.6 Å². The highest BCUT2D eigenvalue weighted by Gasteiger charge is 2.31. The predicted octanol–water partition coefficient (Wildman–Crippen LogP) is 6.22.